The van der Waals surface area contributed by atoms with Crippen molar-refractivity contribution >= 4 is 27.5 Å². The zero-order valence-electron chi connectivity index (χ0n) is 13.2. The zero-order chi connectivity index (χ0) is 17.0. The molecule has 1 amide bonds. The number of nitrogens with one attached hydrogen (secondary N) is 1. The lowest BCUT2D eigenvalue weighted by atomic mass is 10.2. The van der Waals surface area contributed by atoms with Crippen molar-refractivity contribution in [1.82, 2.24) is 9.62 Å². The molecule has 128 valence electrons. The van der Waals surface area contributed by atoms with Gasteiger partial charge in [-0.1, -0.05) is 25.4 Å². The minimum atomic E-state index is -3.74. The zero-order valence-corrected chi connectivity index (χ0v) is 14.8. The molecule has 6 nitrogen and oxygen atoms in total. The summed E-state index contributed by atoms with van der Waals surface area (Å²) in [6.45, 7) is 5.75. The van der Waals surface area contributed by atoms with Crippen molar-refractivity contribution in [2.45, 2.75) is 18.7 Å². The number of carbonyl (C=O) groups excluding carboxylic acids is 1. The molecule has 23 heavy (non-hydrogen) atoms. The molecule has 0 spiro atoms. The number of sulfonamides is 1. The Morgan fingerprint density at radius 3 is 2.61 bits per heavy atom. The molecule has 0 radical (unpaired) electrons. The summed E-state index contributed by atoms with van der Waals surface area (Å²) in [6.07, 6.45) is 0. The second-order valence-corrected chi connectivity index (χ2v) is 8.08. The van der Waals surface area contributed by atoms with Gasteiger partial charge in [-0.05, 0) is 24.1 Å². The maximum atomic E-state index is 12.7. The molecule has 0 unspecified atom stereocenters. The van der Waals surface area contributed by atoms with Crippen LogP contribution in [0.4, 0.5) is 0 Å². The van der Waals surface area contributed by atoms with E-state index in [-0.39, 0.29) is 34.5 Å². The average Bonchev–Trinajstić information content (AvgIpc) is 2.53. The highest BCUT2D eigenvalue weighted by atomic mass is 35.5. The lowest BCUT2D eigenvalue weighted by Crippen LogP contribution is -2.40. The first-order valence-corrected chi connectivity index (χ1v) is 9.30. The van der Waals surface area contributed by atoms with E-state index in [1.54, 1.807) is 0 Å². The Kier molecular flexibility index (Phi) is 6.02. The Morgan fingerprint density at radius 2 is 2.00 bits per heavy atom. The van der Waals surface area contributed by atoms with Gasteiger partial charge in [0.25, 0.3) is 5.91 Å². The third-order valence-corrected chi connectivity index (χ3v) is 5.83. The van der Waals surface area contributed by atoms with Crippen LogP contribution in [-0.4, -0.2) is 51.5 Å². The Bertz CT molecular complexity index is 670. The Hall–Kier alpha value is -1.15. The van der Waals surface area contributed by atoms with Crippen LogP contribution in [0.3, 0.4) is 0 Å². The molecule has 0 aliphatic carbocycles. The molecule has 0 atom stereocenters. The standard InChI is InChI=1S/C15H21ClN2O4S/c1-11(2)10-17-15(19)12-3-4-13(16)14(9-12)23(20,21)18-5-7-22-8-6-18/h3-4,9,11H,5-8,10H2,1-2H3,(H,17,19). The summed E-state index contributed by atoms with van der Waals surface area (Å²) in [5.41, 5.74) is 0.280. The molecule has 0 aromatic heterocycles. The number of morpholine rings is 1. The highest BCUT2D eigenvalue weighted by Crippen LogP contribution is 2.26. The van der Waals surface area contributed by atoms with E-state index in [1.165, 1.54) is 22.5 Å². The highest BCUT2D eigenvalue weighted by Gasteiger charge is 2.29. The number of hydrogen-bond donors (Lipinski definition) is 1. The third-order valence-electron chi connectivity index (χ3n) is 3.45. The third kappa shape index (κ3) is 4.44. The molecule has 8 heteroatoms. The van der Waals surface area contributed by atoms with Crippen molar-refractivity contribution in [2.24, 2.45) is 5.92 Å². The smallest absolute Gasteiger partial charge is 0.251 e. The van der Waals surface area contributed by atoms with E-state index in [0.29, 0.717) is 25.7 Å². The van der Waals surface area contributed by atoms with Gasteiger partial charge in [-0.15, -0.1) is 0 Å². The summed E-state index contributed by atoms with van der Waals surface area (Å²) in [4.78, 5) is 12.1. The number of hydrogen-bond acceptors (Lipinski definition) is 4. The highest BCUT2D eigenvalue weighted by molar-refractivity contribution is 7.89. The normalized spacial score (nSPS) is 16.5. The molecular weight excluding hydrogens is 340 g/mol. The fourth-order valence-electron chi connectivity index (χ4n) is 2.17. The van der Waals surface area contributed by atoms with Gasteiger partial charge in [0.1, 0.15) is 4.90 Å². The number of nitrogens with zero attached hydrogens (tertiary/aromatic N) is 1. The van der Waals surface area contributed by atoms with E-state index < -0.39 is 10.0 Å². The SMILES string of the molecule is CC(C)CNC(=O)c1ccc(Cl)c(S(=O)(=O)N2CCOCC2)c1. The van der Waals surface area contributed by atoms with E-state index in [0.717, 1.165) is 0 Å². The van der Waals surface area contributed by atoms with Gasteiger partial charge >= 0.3 is 0 Å². The van der Waals surface area contributed by atoms with E-state index in [2.05, 4.69) is 5.32 Å². The van der Waals surface area contributed by atoms with Crippen molar-refractivity contribution in [1.29, 1.82) is 0 Å². The Balaban J connectivity index is 2.28. The van der Waals surface area contributed by atoms with E-state index in [1.807, 2.05) is 13.8 Å². The molecule has 1 heterocycles. The fraction of sp³-hybridized carbons (Fsp3) is 0.533. The minimum absolute atomic E-state index is 0.0433. The van der Waals surface area contributed by atoms with E-state index >= 15 is 0 Å². The first-order chi connectivity index (χ1) is 10.8. The Labute approximate surface area is 141 Å². The molecule has 1 aromatic rings. The van der Waals surface area contributed by atoms with Gasteiger partial charge in [0.05, 0.1) is 18.2 Å². The van der Waals surface area contributed by atoms with Crippen LogP contribution in [0, 0.1) is 5.92 Å². The first-order valence-electron chi connectivity index (χ1n) is 7.48. The molecule has 0 bridgehead atoms. The second kappa shape index (κ2) is 7.61. The number of amides is 1. The molecule has 0 saturated carbocycles. The van der Waals surface area contributed by atoms with Crippen LogP contribution in [0.1, 0.15) is 24.2 Å². The van der Waals surface area contributed by atoms with Crippen LogP contribution in [0.25, 0.3) is 0 Å². The quantitative estimate of drug-likeness (QED) is 0.867. The van der Waals surface area contributed by atoms with E-state index in [4.69, 9.17) is 16.3 Å². The van der Waals surface area contributed by atoms with Crippen LogP contribution < -0.4 is 5.32 Å². The molecule has 1 aliphatic rings. The molecule has 1 saturated heterocycles. The second-order valence-electron chi connectivity index (χ2n) is 5.77. The maximum Gasteiger partial charge on any atom is 0.251 e. The molecule has 1 aromatic carbocycles. The van der Waals surface area contributed by atoms with E-state index in [9.17, 15) is 13.2 Å². The summed E-state index contributed by atoms with van der Waals surface area (Å²) < 4.78 is 31.9. The summed E-state index contributed by atoms with van der Waals surface area (Å²) >= 11 is 6.06. The van der Waals surface area contributed by atoms with Crippen molar-refractivity contribution in [3.8, 4) is 0 Å². The van der Waals surface area contributed by atoms with Crippen molar-refractivity contribution in [2.75, 3.05) is 32.8 Å². The van der Waals surface area contributed by atoms with Crippen LogP contribution in [-0.2, 0) is 14.8 Å². The Morgan fingerprint density at radius 1 is 1.35 bits per heavy atom. The van der Waals surface area contributed by atoms with Gasteiger partial charge in [0, 0.05) is 25.2 Å². The van der Waals surface area contributed by atoms with Gasteiger partial charge in [-0.25, -0.2) is 8.42 Å². The predicted molar refractivity (Wildman–Crippen MR) is 88.2 cm³/mol. The number of halogens is 1. The molecule has 2 rings (SSSR count). The first kappa shape index (κ1) is 18.2. The van der Waals surface area contributed by atoms with Crippen molar-refractivity contribution in [3.05, 3.63) is 28.8 Å². The summed E-state index contributed by atoms with van der Waals surface area (Å²) in [7, 11) is -3.74. The van der Waals surface area contributed by atoms with Crippen LogP contribution in [0.2, 0.25) is 5.02 Å². The summed E-state index contributed by atoms with van der Waals surface area (Å²) in [5, 5.41) is 2.87. The topological polar surface area (TPSA) is 75.7 Å². The molecule has 1 fully saturated rings. The number of carbonyl (C=O) groups is 1. The van der Waals surface area contributed by atoms with Gasteiger partial charge < -0.3 is 10.1 Å². The lowest BCUT2D eigenvalue weighted by Gasteiger charge is -2.26. The van der Waals surface area contributed by atoms with Crippen LogP contribution >= 0.6 is 11.6 Å². The van der Waals surface area contributed by atoms with Gasteiger partial charge in [0.2, 0.25) is 10.0 Å². The number of benzene rings is 1. The molecular formula is C15H21ClN2O4S. The van der Waals surface area contributed by atoms with Crippen molar-refractivity contribution in [3.63, 3.8) is 0 Å². The average molecular weight is 361 g/mol. The largest absolute Gasteiger partial charge is 0.379 e. The predicted octanol–water partition coefficient (Wildman–Crippen LogP) is 1.75. The minimum Gasteiger partial charge on any atom is -0.379 e. The lowest BCUT2D eigenvalue weighted by molar-refractivity contribution is 0.0730. The monoisotopic (exact) mass is 360 g/mol. The van der Waals surface area contributed by atoms with Gasteiger partial charge in [0.15, 0.2) is 0 Å². The molecule has 1 N–H and O–H groups in total. The number of ether oxygens (including phenoxy) is 1. The van der Waals surface area contributed by atoms with Crippen LogP contribution in [0.15, 0.2) is 23.1 Å². The summed E-state index contributed by atoms with van der Waals surface area (Å²) in [6, 6.07) is 4.30. The molecule has 1 aliphatic heterocycles. The maximum absolute atomic E-state index is 12.7. The van der Waals surface area contributed by atoms with Crippen LogP contribution in [0.5, 0.6) is 0 Å². The summed E-state index contributed by atoms with van der Waals surface area (Å²) in [5.74, 6) is -0.00315. The van der Waals surface area contributed by atoms with Crippen molar-refractivity contribution < 1.29 is 17.9 Å². The number of rotatable bonds is 5. The fourth-order valence-corrected chi connectivity index (χ4v) is 4.08. The van der Waals surface area contributed by atoms with Gasteiger partial charge in [-0.2, -0.15) is 4.31 Å². The van der Waals surface area contributed by atoms with Gasteiger partial charge in [-0.3, -0.25) is 4.79 Å².